The van der Waals surface area contributed by atoms with Gasteiger partial charge in [-0.15, -0.1) is 0 Å². The molecule has 2 aromatic rings. The molecular formula is C27H29ClN4O3. The normalized spacial score (nSPS) is 24.9. The van der Waals surface area contributed by atoms with E-state index >= 15 is 0 Å². The van der Waals surface area contributed by atoms with Gasteiger partial charge in [0.25, 0.3) is 0 Å². The Morgan fingerprint density at radius 3 is 3.00 bits per heavy atom. The lowest BCUT2D eigenvalue weighted by molar-refractivity contribution is 0.0677. The van der Waals surface area contributed by atoms with E-state index in [2.05, 4.69) is 21.8 Å². The highest BCUT2D eigenvalue weighted by molar-refractivity contribution is 6.32. The molecule has 6 rings (SSSR count). The first-order valence-corrected chi connectivity index (χ1v) is 12.7. The van der Waals surface area contributed by atoms with Crippen molar-refractivity contribution in [2.75, 3.05) is 25.6 Å². The number of hydrogen-bond donors (Lipinski definition) is 2. The Hall–Kier alpha value is -3.03. The van der Waals surface area contributed by atoms with Crippen LogP contribution in [-0.2, 0) is 4.74 Å². The number of nitrogens with one attached hydrogen (secondary N) is 2. The van der Waals surface area contributed by atoms with Gasteiger partial charge in [-0.2, -0.15) is 0 Å². The van der Waals surface area contributed by atoms with Crippen LogP contribution in [0.3, 0.4) is 0 Å². The molecule has 3 aliphatic heterocycles. The third-order valence-corrected chi connectivity index (χ3v) is 7.54. The van der Waals surface area contributed by atoms with E-state index in [1.165, 1.54) is 12.8 Å². The van der Waals surface area contributed by atoms with Crippen molar-refractivity contribution in [1.29, 1.82) is 0 Å². The Morgan fingerprint density at radius 2 is 2.14 bits per heavy atom. The number of aliphatic imine (C=N–C) groups is 1. The Kier molecular flexibility index (Phi) is 6.12. The topological polar surface area (TPSA) is 77.0 Å². The number of fused-ring (bicyclic) bond motifs is 3. The molecule has 7 nitrogen and oxygen atoms in total. The number of anilines is 1. The molecule has 182 valence electrons. The second-order valence-electron chi connectivity index (χ2n) is 9.35. The van der Waals surface area contributed by atoms with Crippen LogP contribution in [0.1, 0.15) is 37.7 Å². The van der Waals surface area contributed by atoms with Crippen molar-refractivity contribution in [2.45, 2.75) is 44.2 Å². The van der Waals surface area contributed by atoms with E-state index in [0.29, 0.717) is 35.1 Å². The molecule has 0 unspecified atom stereocenters. The zero-order valence-corrected chi connectivity index (χ0v) is 20.5. The number of halogens is 1. The summed E-state index contributed by atoms with van der Waals surface area (Å²) in [6, 6.07) is 8.10. The molecule has 2 N–H and O–H groups in total. The van der Waals surface area contributed by atoms with Crippen LogP contribution >= 0.6 is 11.6 Å². The molecule has 3 atom stereocenters. The van der Waals surface area contributed by atoms with Gasteiger partial charge in [0.1, 0.15) is 12.4 Å². The summed E-state index contributed by atoms with van der Waals surface area (Å²) in [5.41, 5.74) is 5.64. The highest BCUT2D eigenvalue weighted by Gasteiger charge is 2.40. The van der Waals surface area contributed by atoms with Crippen LogP contribution in [0, 0.1) is 5.92 Å². The first kappa shape index (κ1) is 22.4. The summed E-state index contributed by atoms with van der Waals surface area (Å²) in [7, 11) is 1.63. The molecular weight excluding hydrogens is 464 g/mol. The summed E-state index contributed by atoms with van der Waals surface area (Å²) in [4.78, 5) is 9.56. The zero-order chi connectivity index (χ0) is 23.8. The fourth-order valence-corrected chi connectivity index (χ4v) is 5.77. The van der Waals surface area contributed by atoms with Gasteiger partial charge in [0.15, 0.2) is 5.75 Å². The smallest absolute Gasteiger partial charge is 0.160 e. The molecule has 0 bridgehead atoms. The highest BCUT2D eigenvalue weighted by atomic mass is 35.5. The fourth-order valence-electron chi connectivity index (χ4n) is 5.52. The van der Waals surface area contributed by atoms with Crippen LogP contribution in [0.25, 0.3) is 5.70 Å². The number of benzene rings is 1. The third-order valence-electron chi connectivity index (χ3n) is 7.24. The highest BCUT2D eigenvalue weighted by Crippen LogP contribution is 2.44. The number of allylic oxidation sites excluding steroid dienone is 1. The minimum Gasteiger partial charge on any atom is -0.493 e. The van der Waals surface area contributed by atoms with E-state index in [1.807, 2.05) is 24.3 Å². The average Bonchev–Trinajstić information content (AvgIpc) is 3.63. The van der Waals surface area contributed by atoms with E-state index in [4.69, 9.17) is 30.8 Å². The molecule has 1 aromatic heterocycles. The summed E-state index contributed by atoms with van der Waals surface area (Å²) in [5, 5.41) is 7.77. The Labute approximate surface area is 210 Å². The number of rotatable bonds is 7. The van der Waals surface area contributed by atoms with Crippen LogP contribution < -0.4 is 20.1 Å². The molecule has 1 aliphatic carbocycles. The van der Waals surface area contributed by atoms with Gasteiger partial charge >= 0.3 is 0 Å². The number of hydrogen-bond acceptors (Lipinski definition) is 7. The molecule has 0 spiro atoms. The van der Waals surface area contributed by atoms with Crippen LogP contribution in [0.4, 0.5) is 5.69 Å². The third kappa shape index (κ3) is 4.17. The van der Waals surface area contributed by atoms with Crippen molar-refractivity contribution in [3.05, 3.63) is 64.7 Å². The summed E-state index contributed by atoms with van der Waals surface area (Å²) in [6.07, 6.45) is 11.4. The Bertz CT molecular complexity index is 1220. The average molecular weight is 493 g/mol. The molecule has 4 heterocycles. The van der Waals surface area contributed by atoms with E-state index < -0.39 is 0 Å². The van der Waals surface area contributed by atoms with E-state index in [1.54, 1.807) is 19.5 Å². The fraction of sp³-hybridized carbons (Fsp3) is 0.407. The van der Waals surface area contributed by atoms with Crippen molar-refractivity contribution >= 4 is 28.7 Å². The zero-order valence-electron chi connectivity index (χ0n) is 19.7. The number of methoxy groups -OCH3 is 1. The maximum absolute atomic E-state index is 6.43. The molecule has 1 saturated carbocycles. The lowest BCUT2D eigenvalue weighted by atomic mass is 9.89. The van der Waals surface area contributed by atoms with Crippen LogP contribution in [0.5, 0.6) is 11.5 Å². The molecule has 2 fully saturated rings. The number of ether oxygens (including phenoxy) is 3. The van der Waals surface area contributed by atoms with Crippen molar-refractivity contribution in [1.82, 2.24) is 10.3 Å². The first-order chi connectivity index (χ1) is 17.2. The largest absolute Gasteiger partial charge is 0.493 e. The maximum Gasteiger partial charge on any atom is 0.160 e. The van der Waals surface area contributed by atoms with Crippen molar-refractivity contribution < 1.29 is 14.2 Å². The number of nitrogens with zero attached hydrogens (tertiary/aromatic N) is 2. The van der Waals surface area contributed by atoms with Crippen molar-refractivity contribution in [3.63, 3.8) is 0 Å². The second-order valence-corrected chi connectivity index (χ2v) is 9.76. The quantitative estimate of drug-likeness (QED) is 0.553. The lowest BCUT2D eigenvalue weighted by Crippen LogP contribution is -2.38. The van der Waals surface area contributed by atoms with Gasteiger partial charge < -0.3 is 24.8 Å². The molecule has 1 aromatic carbocycles. The Morgan fingerprint density at radius 1 is 1.20 bits per heavy atom. The monoisotopic (exact) mass is 492 g/mol. The minimum atomic E-state index is 0.119. The van der Waals surface area contributed by atoms with Gasteiger partial charge in [-0.05, 0) is 43.9 Å². The maximum atomic E-state index is 6.43. The van der Waals surface area contributed by atoms with E-state index in [9.17, 15) is 0 Å². The predicted molar refractivity (Wildman–Crippen MR) is 137 cm³/mol. The molecule has 0 radical (unpaired) electrons. The van der Waals surface area contributed by atoms with Gasteiger partial charge in [0, 0.05) is 42.1 Å². The van der Waals surface area contributed by atoms with Crippen LogP contribution in [0.2, 0.25) is 5.02 Å². The summed E-state index contributed by atoms with van der Waals surface area (Å²) < 4.78 is 17.6. The van der Waals surface area contributed by atoms with Gasteiger partial charge in [0.05, 0.1) is 47.2 Å². The summed E-state index contributed by atoms with van der Waals surface area (Å²) in [6.45, 7) is 1.30. The van der Waals surface area contributed by atoms with Crippen molar-refractivity contribution in [2.24, 2.45) is 10.9 Å². The van der Waals surface area contributed by atoms with E-state index in [-0.39, 0.29) is 6.10 Å². The molecule has 0 amide bonds. The molecule has 35 heavy (non-hydrogen) atoms. The van der Waals surface area contributed by atoms with Gasteiger partial charge in [-0.25, -0.2) is 4.99 Å². The van der Waals surface area contributed by atoms with Crippen molar-refractivity contribution in [3.8, 4) is 11.5 Å². The van der Waals surface area contributed by atoms with Gasteiger partial charge in [-0.1, -0.05) is 24.1 Å². The van der Waals surface area contributed by atoms with Gasteiger partial charge in [0.2, 0.25) is 0 Å². The standard InChI is InChI=1S/C27H29ClN4O3/c1-33-27-20(28)7-3-9-22(27)31-26-19-13-30-21-8-2-6-17(21)24(19)32-25(26)18-10-11-29-14-23(18)35-15-16-5-4-12-34-16/h3,7,9-11,13-14,16-17,21,30-31H,2,4-6,8,12,15H2,1H3/t16-,17+,21-/m0/s1. The van der Waals surface area contributed by atoms with Gasteiger partial charge in [-0.3, -0.25) is 4.98 Å². The Balaban J connectivity index is 1.42. The van der Waals surface area contributed by atoms with Crippen LogP contribution in [0.15, 0.2) is 59.1 Å². The lowest BCUT2D eigenvalue weighted by Gasteiger charge is -2.27. The minimum absolute atomic E-state index is 0.119. The molecule has 4 aliphatic rings. The SMILES string of the molecule is COc1c(Cl)cccc1NC1=C(c2ccncc2OC[C@@H]2CCCO2)N=C2C1=CN[C@H]1CCC[C@@H]21. The predicted octanol–water partition coefficient (Wildman–Crippen LogP) is 5.19. The molecule has 8 heteroatoms. The number of para-hydroxylation sites is 1. The first-order valence-electron chi connectivity index (χ1n) is 12.3. The summed E-state index contributed by atoms with van der Waals surface area (Å²) >= 11 is 6.43. The van der Waals surface area contributed by atoms with E-state index in [0.717, 1.165) is 59.8 Å². The number of aromatic nitrogens is 1. The van der Waals surface area contributed by atoms with Crippen LogP contribution in [-0.4, -0.2) is 43.2 Å². The number of pyridine rings is 1. The second kappa shape index (κ2) is 9.55. The summed E-state index contributed by atoms with van der Waals surface area (Å²) in [5.74, 6) is 1.70. The molecule has 1 saturated heterocycles.